The Morgan fingerprint density at radius 3 is 2.54 bits per heavy atom. The van der Waals surface area contributed by atoms with E-state index < -0.39 is 0 Å². The Morgan fingerprint density at radius 2 is 1.92 bits per heavy atom. The fraction of sp³-hybridized carbons (Fsp3) is 0.474. The number of nitrogens with one attached hydrogen (secondary N) is 2. The van der Waals surface area contributed by atoms with Gasteiger partial charge in [0.1, 0.15) is 0 Å². The maximum absolute atomic E-state index is 12.1. The average Bonchev–Trinajstić information content (AvgIpc) is 3.01. The van der Waals surface area contributed by atoms with Crippen LogP contribution in [0.25, 0.3) is 0 Å². The van der Waals surface area contributed by atoms with Gasteiger partial charge in [-0.3, -0.25) is 9.48 Å². The third-order valence-electron chi connectivity index (χ3n) is 4.37. The van der Waals surface area contributed by atoms with Crippen LogP contribution < -0.4 is 10.6 Å². The highest BCUT2D eigenvalue weighted by Gasteiger charge is 2.15. The second-order valence-electron chi connectivity index (χ2n) is 6.43. The van der Waals surface area contributed by atoms with E-state index in [9.17, 15) is 4.79 Å². The van der Waals surface area contributed by atoms with Gasteiger partial charge in [-0.2, -0.15) is 5.10 Å². The molecule has 0 aliphatic carbocycles. The zero-order chi connectivity index (χ0) is 17.5. The smallest absolute Gasteiger partial charge is 0.221 e. The highest BCUT2D eigenvalue weighted by atomic mass is 16.1. The molecule has 2 aromatic rings. The number of carbonyl (C=O) groups excluding carboxylic acids is 1. The van der Waals surface area contributed by atoms with Crippen LogP contribution in [-0.2, 0) is 4.79 Å². The van der Waals surface area contributed by atoms with Crippen molar-refractivity contribution >= 4 is 5.91 Å². The minimum Gasteiger partial charge on any atom is -0.350 e. The first-order valence-electron chi connectivity index (χ1n) is 8.56. The van der Waals surface area contributed by atoms with Crippen LogP contribution in [0.1, 0.15) is 50.4 Å². The molecule has 5 heteroatoms. The fourth-order valence-electron chi connectivity index (χ4n) is 2.61. The SMILES string of the molecule is Cc1cnn([C@H](C)[C@H](C)NCCC(=O)N[C@@H](C)c2ccccc2)c1. The molecule has 0 spiro atoms. The Bertz CT molecular complexity index is 638. The van der Waals surface area contributed by atoms with Gasteiger partial charge in [0.05, 0.1) is 18.3 Å². The first-order chi connectivity index (χ1) is 11.5. The van der Waals surface area contributed by atoms with E-state index >= 15 is 0 Å². The highest BCUT2D eigenvalue weighted by Crippen LogP contribution is 2.12. The molecule has 3 atom stereocenters. The van der Waals surface area contributed by atoms with Crippen LogP contribution in [0, 0.1) is 6.92 Å². The normalized spacial score (nSPS) is 14.8. The molecule has 0 aliphatic heterocycles. The Hall–Kier alpha value is -2.14. The maximum atomic E-state index is 12.1. The first-order valence-corrected chi connectivity index (χ1v) is 8.56. The highest BCUT2D eigenvalue weighted by molar-refractivity contribution is 5.76. The number of aromatic nitrogens is 2. The lowest BCUT2D eigenvalue weighted by Gasteiger charge is -2.22. The molecule has 0 bridgehead atoms. The molecule has 0 radical (unpaired) electrons. The maximum Gasteiger partial charge on any atom is 0.221 e. The molecule has 1 heterocycles. The molecule has 2 N–H and O–H groups in total. The molecule has 1 aromatic carbocycles. The molecule has 0 saturated heterocycles. The van der Waals surface area contributed by atoms with E-state index in [0.717, 1.165) is 11.1 Å². The third-order valence-corrected chi connectivity index (χ3v) is 4.37. The lowest BCUT2D eigenvalue weighted by molar-refractivity contribution is -0.121. The fourth-order valence-corrected chi connectivity index (χ4v) is 2.61. The summed E-state index contributed by atoms with van der Waals surface area (Å²) in [6.07, 6.45) is 4.37. The molecular weight excluding hydrogens is 300 g/mol. The van der Waals surface area contributed by atoms with Crippen molar-refractivity contribution in [2.24, 2.45) is 0 Å². The largest absolute Gasteiger partial charge is 0.350 e. The monoisotopic (exact) mass is 328 g/mol. The third kappa shape index (κ3) is 5.20. The summed E-state index contributed by atoms with van der Waals surface area (Å²) in [5, 5.41) is 10.8. The van der Waals surface area contributed by atoms with Crippen molar-refractivity contribution in [1.82, 2.24) is 20.4 Å². The lowest BCUT2D eigenvalue weighted by atomic mass is 10.1. The van der Waals surface area contributed by atoms with Gasteiger partial charge in [-0.1, -0.05) is 30.3 Å². The van der Waals surface area contributed by atoms with Gasteiger partial charge >= 0.3 is 0 Å². The van der Waals surface area contributed by atoms with Crippen LogP contribution in [0.4, 0.5) is 0 Å². The van der Waals surface area contributed by atoms with Gasteiger partial charge in [-0.15, -0.1) is 0 Å². The minimum absolute atomic E-state index is 0.0297. The van der Waals surface area contributed by atoms with Gasteiger partial charge in [0.25, 0.3) is 0 Å². The summed E-state index contributed by atoms with van der Waals surface area (Å²) in [5.74, 6) is 0.0636. The van der Waals surface area contributed by atoms with Gasteiger partial charge in [-0.25, -0.2) is 0 Å². The molecular formula is C19H28N4O. The van der Waals surface area contributed by atoms with Crippen molar-refractivity contribution in [1.29, 1.82) is 0 Å². The number of carbonyl (C=O) groups is 1. The molecule has 0 fully saturated rings. The zero-order valence-corrected chi connectivity index (χ0v) is 15.0. The number of benzene rings is 1. The van der Waals surface area contributed by atoms with E-state index in [0.29, 0.717) is 13.0 Å². The molecule has 0 aliphatic rings. The second kappa shape index (κ2) is 8.64. The van der Waals surface area contributed by atoms with E-state index in [1.165, 1.54) is 0 Å². The summed E-state index contributed by atoms with van der Waals surface area (Å²) in [6.45, 7) is 8.94. The van der Waals surface area contributed by atoms with Crippen LogP contribution in [0.3, 0.4) is 0 Å². The van der Waals surface area contributed by atoms with Crippen molar-refractivity contribution in [3.63, 3.8) is 0 Å². The Labute approximate surface area is 144 Å². The number of aryl methyl sites for hydroxylation is 1. The summed E-state index contributed by atoms with van der Waals surface area (Å²) in [6, 6.07) is 10.5. The van der Waals surface area contributed by atoms with Crippen molar-refractivity contribution in [2.45, 2.75) is 52.2 Å². The molecule has 0 unspecified atom stereocenters. The van der Waals surface area contributed by atoms with Crippen LogP contribution >= 0.6 is 0 Å². The summed E-state index contributed by atoms with van der Waals surface area (Å²) < 4.78 is 1.96. The molecule has 0 saturated carbocycles. The quantitative estimate of drug-likeness (QED) is 0.783. The van der Waals surface area contributed by atoms with E-state index in [-0.39, 0.29) is 24.0 Å². The molecule has 1 amide bonds. The Balaban J connectivity index is 1.72. The summed E-state index contributed by atoms with van der Waals surface area (Å²) in [4.78, 5) is 12.1. The number of rotatable bonds is 8. The van der Waals surface area contributed by atoms with Gasteiger partial charge in [0.2, 0.25) is 5.91 Å². The number of hydrogen-bond acceptors (Lipinski definition) is 3. The zero-order valence-electron chi connectivity index (χ0n) is 15.0. The summed E-state index contributed by atoms with van der Waals surface area (Å²) >= 11 is 0. The van der Waals surface area contributed by atoms with Gasteiger partial charge in [0, 0.05) is 25.2 Å². The molecule has 2 rings (SSSR count). The van der Waals surface area contributed by atoms with Gasteiger partial charge in [-0.05, 0) is 38.8 Å². The molecule has 5 nitrogen and oxygen atoms in total. The summed E-state index contributed by atoms with van der Waals surface area (Å²) in [5.41, 5.74) is 2.28. The first kappa shape index (κ1) is 18.2. The van der Waals surface area contributed by atoms with Crippen molar-refractivity contribution < 1.29 is 4.79 Å². The molecule has 24 heavy (non-hydrogen) atoms. The van der Waals surface area contributed by atoms with Gasteiger partial charge in [0.15, 0.2) is 0 Å². The Kier molecular flexibility index (Phi) is 6.55. The number of hydrogen-bond donors (Lipinski definition) is 2. The van der Waals surface area contributed by atoms with Crippen LogP contribution in [-0.4, -0.2) is 28.3 Å². The summed E-state index contributed by atoms with van der Waals surface area (Å²) in [7, 11) is 0. The molecule has 1 aromatic heterocycles. The van der Waals surface area contributed by atoms with Crippen molar-refractivity contribution in [2.75, 3.05) is 6.54 Å². The van der Waals surface area contributed by atoms with E-state index in [2.05, 4.69) is 29.6 Å². The van der Waals surface area contributed by atoms with Gasteiger partial charge < -0.3 is 10.6 Å². The van der Waals surface area contributed by atoms with Crippen LogP contribution in [0.5, 0.6) is 0 Å². The average molecular weight is 328 g/mol. The molecule has 130 valence electrons. The van der Waals surface area contributed by atoms with Crippen molar-refractivity contribution in [3.8, 4) is 0 Å². The minimum atomic E-state index is 0.0297. The predicted molar refractivity (Wildman–Crippen MR) is 96.8 cm³/mol. The topological polar surface area (TPSA) is 59.0 Å². The van der Waals surface area contributed by atoms with E-state index in [4.69, 9.17) is 0 Å². The van der Waals surface area contributed by atoms with Crippen molar-refractivity contribution in [3.05, 3.63) is 53.9 Å². The van der Waals surface area contributed by atoms with Crippen LogP contribution in [0.2, 0.25) is 0 Å². The number of nitrogens with zero attached hydrogens (tertiary/aromatic N) is 2. The lowest BCUT2D eigenvalue weighted by Crippen LogP contribution is -2.37. The van der Waals surface area contributed by atoms with E-state index in [1.54, 1.807) is 0 Å². The Morgan fingerprint density at radius 1 is 1.21 bits per heavy atom. The standard InChI is InChI=1S/C19H28N4O/c1-14-12-21-23(13-14)17(4)15(2)20-11-10-19(24)22-16(3)18-8-6-5-7-9-18/h5-9,12-13,15-17,20H,10-11H2,1-4H3,(H,22,24)/t15-,16-,17+/m0/s1. The number of amides is 1. The second-order valence-corrected chi connectivity index (χ2v) is 6.43. The van der Waals surface area contributed by atoms with E-state index in [1.807, 2.05) is 61.3 Å². The van der Waals surface area contributed by atoms with Crippen LogP contribution in [0.15, 0.2) is 42.7 Å². The predicted octanol–water partition coefficient (Wildman–Crippen LogP) is 3.00.